The number of hydrogen-bond acceptors (Lipinski definition) is 7. The van der Waals surface area contributed by atoms with Crippen molar-refractivity contribution in [1.82, 2.24) is 0 Å². The summed E-state index contributed by atoms with van der Waals surface area (Å²) >= 11 is 0. The van der Waals surface area contributed by atoms with Crippen LogP contribution < -0.4 is 10.2 Å². The summed E-state index contributed by atoms with van der Waals surface area (Å²) in [6.07, 6.45) is 0. The van der Waals surface area contributed by atoms with Gasteiger partial charge in [0.05, 0.1) is 6.07 Å². The van der Waals surface area contributed by atoms with Crippen molar-refractivity contribution >= 4 is 23.5 Å². The van der Waals surface area contributed by atoms with Gasteiger partial charge in [-0.05, 0) is 0 Å². The fourth-order valence-corrected chi connectivity index (χ4v) is 0. The van der Waals surface area contributed by atoms with Crippen molar-refractivity contribution in [2.75, 3.05) is 0 Å². The number of carbonyl (C=O) groups is 4. The molecule has 0 amide bonds. The van der Waals surface area contributed by atoms with Crippen molar-refractivity contribution in [3.05, 3.63) is 0 Å². The Kier molecular flexibility index (Phi) is 23.8. The molecule has 0 saturated carbocycles. The van der Waals surface area contributed by atoms with Crippen molar-refractivity contribution in [2.24, 2.45) is 0 Å². The Bertz CT molecular complexity index is 245. The smallest absolute Gasteiger partial charge is 0.542 e. The predicted octanol–water partition coefficient (Wildman–Crippen LogP) is -2.82. The molecule has 0 rings (SSSR count). The van der Waals surface area contributed by atoms with Gasteiger partial charge in [-0.3, -0.25) is 9.59 Å². The normalized spacial score (nSPS) is 6.12. The summed E-state index contributed by atoms with van der Waals surface area (Å²) in [5, 5.41) is 25.8. The van der Waals surface area contributed by atoms with Gasteiger partial charge >= 0.3 is 21.1 Å². The summed E-state index contributed by atoms with van der Waals surface area (Å²) in [5.74, 6) is -5.13. The van der Waals surface area contributed by atoms with Crippen LogP contribution >= 0.6 is 0 Å². The van der Waals surface area contributed by atoms with E-state index in [0.717, 1.165) is 13.8 Å². The van der Waals surface area contributed by atoms with Crippen molar-refractivity contribution in [1.29, 1.82) is 5.26 Å². The van der Waals surface area contributed by atoms with Crippen molar-refractivity contribution in [2.45, 2.75) is 20.8 Å². The first-order valence-electron chi connectivity index (χ1n) is 3.45. The minimum Gasteiger partial charge on any atom is -0.542 e. The number of carboxylic acid groups (broad SMARTS) is 2. The molecule has 0 aromatic carbocycles. The molecule has 0 fully saturated rings. The Morgan fingerprint density at radius 2 is 1.00 bits per heavy atom. The number of rotatable bonds is 2. The predicted molar refractivity (Wildman–Crippen MR) is 42.7 cm³/mol. The van der Waals surface area contributed by atoms with E-state index < -0.39 is 23.5 Å². The standard InChI is InChI=1S/2C3H4O3.C2H3N.Pt/c2*1-2(4)3(5)6;1-2-3;/h2*1H3,(H,5,6);1H3;/q;;;+2/p-2. The molecular weight excluding hydrogens is 401 g/mol. The monoisotopic (exact) mass is 410 g/mol. The van der Waals surface area contributed by atoms with Gasteiger partial charge in [0.1, 0.15) is 11.9 Å². The molecule has 0 aromatic heterocycles. The Balaban J connectivity index is -0.0000000692. The first kappa shape index (κ1) is 23.9. The second-order valence-electron chi connectivity index (χ2n) is 1.91. The molecule has 8 heteroatoms. The Labute approximate surface area is 106 Å². The Morgan fingerprint density at radius 3 is 1.00 bits per heavy atom. The third-order valence-electron chi connectivity index (χ3n) is 0.575. The molecule has 0 spiro atoms. The second-order valence-corrected chi connectivity index (χ2v) is 1.91. The van der Waals surface area contributed by atoms with E-state index in [1.165, 1.54) is 6.92 Å². The van der Waals surface area contributed by atoms with Gasteiger partial charge in [0.2, 0.25) is 0 Å². The summed E-state index contributed by atoms with van der Waals surface area (Å²) in [6.45, 7) is 3.31. The molecule has 0 aliphatic rings. The van der Waals surface area contributed by atoms with Crippen LogP contribution in [0.1, 0.15) is 20.8 Å². The molecule has 16 heavy (non-hydrogen) atoms. The zero-order valence-corrected chi connectivity index (χ0v) is 11.0. The van der Waals surface area contributed by atoms with Crippen LogP contribution in [0.15, 0.2) is 0 Å². The summed E-state index contributed by atoms with van der Waals surface area (Å²) in [6, 6.07) is 1.75. The maximum Gasteiger partial charge on any atom is 2.00 e. The SMILES string of the molecule is CC#N.CC(=O)C(=O)[O-].CC(=O)C(=O)[O-].[Pt+2]. The number of nitriles is 1. The van der Waals surface area contributed by atoms with E-state index in [0.29, 0.717) is 0 Å². The van der Waals surface area contributed by atoms with Crippen LogP contribution in [0.3, 0.4) is 0 Å². The maximum absolute atomic E-state index is 9.48. The van der Waals surface area contributed by atoms with Gasteiger partial charge in [0.25, 0.3) is 0 Å². The average molecular weight is 410 g/mol. The number of ketones is 2. The van der Waals surface area contributed by atoms with Gasteiger partial charge in [-0.25, -0.2) is 0 Å². The molecule has 0 N–H and O–H groups in total. The quantitative estimate of drug-likeness (QED) is 0.448. The van der Waals surface area contributed by atoms with Gasteiger partial charge in [-0.1, -0.05) is 0 Å². The van der Waals surface area contributed by atoms with Crippen LogP contribution in [0, 0.1) is 11.3 Å². The van der Waals surface area contributed by atoms with Crippen LogP contribution in [0.5, 0.6) is 0 Å². The molecule has 0 saturated heterocycles. The molecule has 0 bridgehead atoms. The average Bonchev–Trinajstić information content (AvgIpc) is 2.06. The second kappa shape index (κ2) is 15.9. The number of Topliss-reactive ketones (excluding diaryl/α,β-unsaturated/α-hetero) is 2. The first-order chi connectivity index (χ1) is 6.70. The van der Waals surface area contributed by atoms with E-state index in [4.69, 9.17) is 5.26 Å². The van der Waals surface area contributed by atoms with Crippen LogP contribution in [0.4, 0.5) is 0 Å². The molecule has 0 aliphatic carbocycles. The molecule has 0 heterocycles. The first-order valence-corrected chi connectivity index (χ1v) is 3.45. The number of nitrogens with zero attached hydrogens (tertiary/aromatic N) is 1. The van der Waals surface area contributed by atoms with Crippen LogP contribution in [-0.2, 0) is 40.2 Å². The van der Waals surface area contributed by atoms with Gasteiger partial charge in [-0.2, -0.15) is 5.26 Å². The van der Waals surface area contributed by atoms with E-state index >= 15 is 0 Å². The van der Waals surface area contributed by atoms with Gasteiger partial charge in [-0.15, -0.1) is 0 Å². The molecule has 0 aliphatic heterocycles. The maximum atomic E-state index is 9.48. The van der Waals surface area contributed by atoms with Crippen molar-refractivity contribution in [3.8, 4) is 6.07 Å². The third-order valence-corrected chi connectivity index (χ3v) is 0.575. The van der Waals surface area contributed by atoms with Crippen LogP contribution in [-0.4, -0.2) is 23.5 Å². The van der Waals surface area contributed by atoms with E-state index in [2.05, 4.69) is 0 Å². The molecular formula is C8H9NO6Pt. The minimum atomic E-state index is -1.63. The van der Waals surface area contributed by atoms with Gasteiger partial charge < -0.3 is 19.8 Å². The van der Waals surface area contributed by atoms with E-state index in [-0.39, 0.29) is 21.1 Å². The number of hydrogen-bond donors (Lipinski definition) is 0. The molecule has 0 radical (unpaired) electrons. The third kappa shape index (κ3) is 39.2. The van der Waals surface area contributed by atoms with E-state index in [1.807, 2.05) is 0 Å². The Hall–Kier alpha value is -1.54. The van der Waals surface area contributed by atoms with Crippen molar-refractivity contribution < 1.29 is 50.5 Å². The number of carbonyl (C=O) groups excluding carboxylic acids is 4. The van der Waals surface area contributed by atoms with Gasteiger partial charge in [0, 0.05) is 20.8 Å². The molecule has 0 aromatic rings. The summed E-state index contributed by atoms with van der Waals surface area (Å²) in [4.78, 5) is 37.4. The number of carboxylic acids is 2. The molecule has 92 valence electrons. The fourth-order valence-electron chi connectivity index (χ4n) is 0. The Morgan fingerprint density at radius 1 is 0.938 bits per heavy atom. The largest absolute Gasteiger partial charge is 2.00 e. The van der Waals surface area contributed by atoms with E-state index in [1.54, 1.807) is 6.07 Å². The summed E-state index contributed by atoms with van der Waals surface area (Å²) in [7, 11) is 0. The summed E-state index contributed by atoms with van der Waals surface area (Å²) in [5.41, 5.74) is 0. The van der Waals surface area contributed by atoms with E-state index in [9.17, 15) is 29.4 Å². The molecule has 0 unspecified atom stereocenters. The topological polar surface area (TPSA) is 138 Å². The molecule has 7 nitrogen and oxygen atoms in total. The van der Waals surface area contributed by atoms with Gasteiger partial charge in [0.15, 0.2) is 11.6 Å². The summed E-state index contributed by atoms with van der Waals surface area (Å²) < 4.78 is 0. The zero-order chi connectivity index (χ0) is 13.0. The van der Waals surface area contributed by atoms with Crippen molar-refractivity contribution in [3.63, 3.8) is 0 Å². The van der Waals surface area contributed by atoms with Crippen LogP contribution in [0.25, 0.3) is 0 Å². The minimum absolute atomic E-state index is 0. The zero-order valence-electron chi connectivity index (χ0n) is 8.71. The number of aliphatic carboxylic acids is 2. The molecule has 0 atom stereocenters. The van der Waals surface area contributed by atoms with Crippen LogP contribution in [0.2, 0.25) is 0 Å². The fraction of sp³-hybridized carbons (Fsp3) is 0.375.